The first kappa shape index (κ1) is 19.5. The number of aromatic nitrogens is 4. The number of halogens is 5. The molecule has 0 fully saturated rings. The summed E-state index contributed by atoms with van der Waals surface area (Å²) in [6.45, 7) is 5.29. The predicted octanol–water partition coefficient (Wildman–Crippen LogP) is 4.45. The second kappa shape index (κ2) is 6.39. The lowest BCUT2D eigenvalue weighted by Crippen LogP contribution is -2.40. The summed E-state index contributed by atoms with van der Waals surface area (Å²) in [5.41, 5.74) is -1.29. The molecule has 3 rings (SSSR count). The lowest BCUT2D eigenvalue weighted by Gasteiger charge is -2.27. The third-order valence-corrected chi connectivity index (χ3v) is 5.11. The average molecular weight is 405 g/mol. The molecule has 0 unspecified atom stereocenters. The molecule has 0 aliphatic carbocycles. The van der Waals surface area contributed by atoms with E-state index in [1.54, 1.807) is 29.6 Å². The Morgan fingerprint density at radius 1 is 1.22 bits per heavy atom. The summed E-state index contributed by atoms with van der Waals surface area (Å²) in [5.74, 6) is -3.65. The minimum Gasteiger partial charge on any atom is -0.340 e. The Bertz CT molecular complexity index is 938. The van der Waals surface area contributed by atoms with Crippen LogP contribution >= 0.6 is 11.8 Å². The molecular formula is C16H16F5N5S. The van der Waals surface area contributed by atoms with Crippen LogP contribution in [0.1, 0.15) is 12.6 Å². The van der Waals surface area contributed by atoms with Gasteiger partial charge in [-0.25, -0.2) is 9.97 Å². The van der Waals surface area contributed by atoms with Crippen molar-refractivity contribution in [2.45, 2.75) is 24.0 Å². The van der Waals surface area contributed by atoms with E-state index in [1.165, 1.54) is 11.8 Å². The van der Waals surface area contributed by atoms with Crippen molar-refractivity contribution in [3.8, 4) is 11.5 Å². The second-order valence-corrected chi connectivity index (χ2v) is 7.16. The molecule has 0 atom stereocenters. The van der Waals surface area contributed by atoms with Gasteiger partial charge in [0.25, 0.3) is 0 Å². The van der Waals surface area contributed by atoms with E-state index in [2.05, 4.69) is 21.9 Å². The van der Waals surface area contributed by atoms with E-state index in [0.717, 1.165) is 16.9 Å². The van der Waals surface area contributed by atoms with E-state index in [4.69, 9.17) is 0 Å². The van der Waals surface area contributed by atoms with Crippen LogP contribution in [0, 0.1) is 0 Å². The molecule has 27 heavy (non-hydrogen) atoms. The van der Waals surface area contributed by atoms with Crippen LogP contribution in [0.2, 0.25) is 0 Å². The number of fused-ring (bicyclic) bond motifs is 1. The highest BCUT2D eigenvalue weighted by Gasteiger charge is 2.61. The van der Waals surface area contributed by atoms with E-state index in [0.29, 0.717) is 11.5 Å². The molecule has 2 aromatic rings. The SMILES string of the molecule is C=C1Nc2c(nc(-c3ncn(C)c3SCC)n2C)C=C1C(F)(F)C(F)(F)F. The Labute approximate surface area is 156 Å². The Balaban J connectivity index is 2.13. The molecule has 0 aromatic carbocycles. The maximum Gasteiger partial charge on any atom is 0.458 e. The number of imidazole rings is 2. The summed E-state index contributed by atoms with van der Waals surface area (Å²) < 4.78 is 69.2. The first-order chi connectivity index (χ1) is 12.5. The van der Waals surface area contributed by atoms with Crippen molar-refractivity contribution in [2.75, 3.05) is 11.1 Å². The number of nitrogens with zero attached hydrogens (tertiary/aromatic N) is 4. The highest BCUT2D eigenvalue weighted by Crippen LogP contribution is 2.46. The highest BCUT2D eigenvalue weighted by molar-refractivity contribution is 7.99. The van der Waals surface area contributed by atoms with Crippen LogP contribution < -0.4 is 5.32 Å². The molecule has 0 spiro atoms. The fraction of sp³-hybridized carbons (Fsp3) is 0.375. The van der Waals surface area contributed by atoms with Gasteiger partial charge in [-0.05, 0) is 11.8 Å². The molecule has 1 N–H and O–H groups in total. The quantitative estimate of drug-likeness (QED) is 0.603. The minimum atomic E-state index is -5.73. The van der Waals surface area contributed by atoms with Crippen molar-refractivity contribution in [3.63, 3.8) is 0 Å². The van der Waals surface area contributed by atoms with Gasteiger partial charge in [0, 0.05) is 19.8 Å². The van der Waals surface area contributed by atoms with Gasteiger partial charge >= 0.3 is 12.1 Å². The van der Waals surface area contributed by atoms with E-state index < -0.39 is 23.4 Å². The standard InChI is InChI=1S/C16H16F5N5S/c1-5-27-14-11(22-7-25(14)3)13-24-10-6-9(15(17,18)16(19,20)21)8(2)23-12(10)26(13)4/h6-7,23H,2,5H2,1,3-4H3. The predicted molar refractivity (Wildman–Crippen MR) is 93.5 cm³/mol. The molecule has 0 bridgehead atoms. The van der Waals surface area contributed by atoms with Crippen molar-refractivity contribution >= 4 is 23.7 Å². The van der Waals surface area contributed by atoms with Crippen molar-refractivity contribution in [3.05, 3.63) is 29.9 Å². The van der Waals surface area contributed by atoms with Gasteiger partial charge in [-0.15, -0.1) is 11.8 Å². The smallest absolute Gasteiger partial charge is 0.340 e. The van der Waals surface area contributed by atoms with E-state index in [9.17, 15) is 22.0 Å². The van der Waals surface area contributed by atoms with Crippen LogP contribution in [0.4, 0.5) is 27.8 Å². The average Bonchev–Trinajstić information content (AvgIpc) is 3.07. The number of thioether (sulfide) groups is 1. The second-order valence-electron chi connectivity index (χ2n) is 5.90. The topological polar surface area (TPSA) is 47.7 Å². The van der Waals surface area contributed by atoms with E-state index in [-0.39, 0.29) is 11.5 Å². The van der Waals surface area contributed by atoms with Crippen LogP contribution in [0.3, 0.4) is 0 Å². The number of hydrogen-bond donors (Lipinski definition) is 1. The molecule has 0 saturated heterocycles. The van der Waals surface area contributed by atoms with E-state index in [1.807, 2.05) is 6.92 Å². The highest BCUT2D eigenvalue weighted by atomic mass is 32.2. The Morgan fingerprint density at radius 2 is 1.89 bits per heavy atom. The van der Waals surface area contributed by atoms with Crippen LogP contribution in [0.15, 0.2) is 29.2 Å². The summed E-state index contributed by atoms with van der Waals surface area (Å²) in [7, 11) is 3.43. The normalized spacial score (nSPS) is 14.8. The van der Waals surface area contributed by atoms with Crippen molar-refractivity contribution in [1.82, 2.24) is 19.1 Å². The van der Waals surface area contributed by atoms with Gasteiger partial charge in [-0.3, -0.25) is 0 Å². The summed E-state index contributed by atoms with van der Waals surface area (Å²) in [5, 5.41) is 3.33. The molecule has 0 saturated carbocycles. The summed E-state index contributed by atoms with van der Waals surface area (Å²) in [4.78, 5) is 8.54. The molecule has 1 aliphatic heterocycles. The number of rotatable bonds is 4. The molecule has 0 amide bonds. The number of anilines is 1. The van der Waals surface area contributed by atoms with Crippen LogP contribution in [-0.4, -0.2) is 37.0 Å². The summed E-state index contributed by atoms with van der Waals surface area (Å²) >= 11 is 1.52. The fourth-order valence-corrected chi connectivity index (χ4v) is 3.53. The van der Waals surface area contributed by atoms with Crippen molar-refractivity contribution < 1.29 is 22.0 Å². The minimum absolute atomic E-state index is 0.0306. The summed E-state index contributed by atoms with van der Waals surface area (Å²) in [6.07, 6.45) is -3.42. The molecule has 1 aliphatic rings. The van der Waals surface area contributed by atoms with Gasteiger partial charge in [0.2, 0.25) is 0 Å². The molecule has 3 heterocycles. The summed E-state index contributed by atoms with van der Waals surface area (Å²) in [6, 6.07) is 0. The number of allylic oxidation sites excluding steroid dienone is 1. The molecule has 2 aromatic heterocycles. The van der Waals surface area contributed by atoms with Gasteiger partial charge in [0.15, 0.2) is 5.82 Å². The molecule has 146 valence electrons. The third-order valence-electron chi connectivity index (χ3n) is 4.07. The van der Waals surface area contributed by atoms with Crippen molar-refractivity contribution in [2.24, 2.45) is 14.1 Å². The maximum atomic E-state index is 13.8. The van der Waals surface area contributed by atoms with Gasteiger partial charge in [-0.2, -0.15) is 22.0 Å². The van der Waals surface area contributed by atoms with Crippen LogP contribution in [0.5, 0.6) is 0 Å². The van der Waals surface area contributed by atoms with Crippen LogP contribution in [0.25, 0.3) is 17.6 Å². The van der Waals surface area contributed by atoms with Crippen LogP contribution in [-0.2, 0) is 14.1 Å². The maximum absolute atomic E-state index is 13.8. The van der Waals surface area contributed by atoms with Gasteiger partial charge in [-0.1, -0.05) is 13.5 Å². The monoisotopic (exact) mass is 405 g/mol. The fourth-order valence-electron chi connectivity index (χ4n) is 2.73. The number of alkyl halides is 5. The molecule has 11 heteroatoms. The number of nitrogens with one attached hydrogen (secondary N) is 1. The van der Waals surface area contributed by atoms with E-state index >= 15 is 0 Å². The lowest BCUT2D eigenvalue weighted by atomic mass is 10.0. The van der Waals surface area contributed by atoms with Gasteiger partial charge in [0.05, 0.1) is 11.9 Å². The molecule has 5 nitrogen and oxygen atoms in total. The van der Waals surface area contributed by atoms with Crippen molar-refractivity contribution in [1.29, 1.82) is 0 Å². The zero-order chi connectivity index (χ0) is 20.1. The first-order valence-corrected chi connectivity index (χ1v) is 8.81. The van der Waals surface area contributed by atoms with Gasteiger partial charge < -0.3 is 14.5 Å². The Morgan fingerprint density at radius 3 is 2.48 bits per heavy atom. The largest absolute Gasteiger partial charge is 0.458 e. The third kappa shape index (κ3) is 3.03. The Hall–Kier alpha value is -2.30. The molecule has 0 radical (unpaired) electrons. The van der Waals surface area contributed by atoms with Gasteiger partial charge in [0.1, 0.15) is 22.2 Å². The zero-order valence-electron chi connectivity index (χ0n) is 14.7. The number of aryl methyl sites for hydroxylation is 1. The lowest BCUT2D eigenvalue weighted by molar-refractivity contribution is -0.262. The Kier molecular flexibility index (Phi) is 4.61. The zero-order valence-corrected chi connectivity index (χ0v) is 15.5. The number of hydrogen-bond acceptors (Lipinski definition) is 4. The first-order valence-electron chi connectivity index (χ1n) is 7.83. The molecular weight excluding hydrogens is 389 g/mol.